The van der Waals surface area contributed by atoms with Crippen LogP contribution in [0.1, 0.15) is 43.9 Å². The summed E-state index contributed by atoms with van der Waals surface area (Å²) < 4.78 is 33.3. The van der Waals surface area contributed by atoms with Gasteiger partial charge in [0.2, 0.25) is 10.0 Å². The zero-order chi connectivity index (χ0) is 18.3. The zero-order valence-electron chi connectivity index (χ0n) is 15.7. The van der Waals surface area contributed by atoms with Gasteiger partial charge in [0, 0.05) is 25.7 Å². The van der Waals surface area contributed by atoms with E-state index in [9.17, 15) is 8.42 Å². The molecule has 1 fully saturated rings. The van der Waals surface area contributed by atoms with Gasteiger partial charge in [-0.2, -0.15) is 0 Å². The molecular formula is C19H32N2O3S. The summed E-state index contributed by atoms with van der Waals surface area (Å²) in [5.41, 5.74) is 2.35. The van der Waals surface area contributed by atoms with Crippen molar-refractivity contribution in [1.82, 2.24) is 9.62 Å². The summed E-state index contributed by atoms with van der Waals surface area (Å²) in [5, 5.41) is 0. The smallest absolute Gasteiger partial charge is 0.211 e. The van der Waals surface area contributed by atoms with E-state index in [0.717, 1.165) is 31.5 Å². The SMILES string of the molecule is CCC(CC)CS(=O)(=O)NCC(c1cccc(C)c1)N1CCOCC1. The molecule has 0 bridgehead atoms. The number of aryl methyl sites for hydroxylation is 1. The molecule has 0 radical (unpaired) electrons. The highest BCUT2D eigenvalue weighted by atomic mass is 32.2. The lowest BCUT2D eigenvalue weighted by atomic mass is 10.0. The molecule has 5 nitrogen and oxygen atoms in total. The summed E-state index contributed by atoms with van der Waals surface area (Å²) in [6, 6.07) is 8.38. The Labute approximate surface area is 152 Å². The first kappa shape index (κ1) is 20.4. The fraction of sp³-hybridized carbons (Fsp3) is 0.684. The summed E-state index contributed by atoms with van der Waals surface area (Å²) in [4.78, 5) is 2.32. The molecule has 1 aliphatic heterocycles. The Morgan fingerprint density at radius 1 is 1.20 bits per heavy atom. The van der Waals surface area contributed by atoms with Crippen LogP contribution in [-0.4, -0.2) is 51.9 Å². The molecule has 0 aromatic heterocycles. The van der Waals surface area contributed by atoms with E-state index in [2.05, 4.69) is 34.7 Å². The molecule has 142 valence electrons. The highest BCUT2D eigenvalue weighted by Crippen LogP contribution is 2.22. The number of hydrogen-bond acceptors (Lipinski definition) is 4. The summed E-state index contributed by atoms with van der Waals surface area (Å²) in [7, 11) is -3.26. The Bertz CT molecular complexity index is 623. The van der Waals surface area contributed by atoms with E-state index < -0.39 is 10.0 Å². The number of benzene rings is 1. The van der Waals surface area contributed by atoms with Crippen molar-refractivity contribution in [3.05, 3.63) is 35.4 Å². The first-order chi connectivity index (χ1) is 11.9. The number of ether oxygens (including phenoxy) is 1. The summed E-state index contributed by atoms with van der Waals surface area (Å²) in [6.07, 6.45) is 1.78. The van der Waals surface area contributed by atoms with Crippen molar-refractivity contribution in [2.45, 2.75) is 39.7 Å². The molecule has 1 N–H and O–H groups in total. The lowest BCUT2D eigenvalue weighted by molar-refractivity contribution is 0.0172. The molecule has 1 aliphatic rings. The lowest BCUT2D eigenvalue weighted by Crippen LogP contribution is -2.44. The average molecular weight is 369 g/mol. The van der Waals surface area contributed by atoms with E-state index in [1.165, 1.54) is 5.56 Å². The quantitative estimate of drug-likeness (QED) is 0.728. The van der Waals surface area contributed by atoms with Gasteiger partial charge in [-0.1, -0.05) is 56.5 Å². The molecule has 0 aliphatic carbocycles. The average Bonchev–Trinajstić information content (AvgIpc) is 2.61. The van der Waals surface area contributed by atoms with Gasteiger partial charge in [-0.15, -0.1) is 0 Å². The van der Waals surface area contributed by atoms with Crippen LogP contribution in [0, 0.1) is 12.8 Å². The standard InChI is InChI=1S/C19H32N2O3S/c1-4-17(5-2)15-25(22,23)20-14-19(21-9-11-24-12-10-21)18-8-6-7-16(3)13-18/h6-8,13,17,19-20H,4-5,9-12,14-15H2,1-3H3. The minimum absolute atomic E-state index is 0.0419. The molecule has 25 heavy (non-hydrogen) atoms. The molecule has 1 unspecified atom stereocenters. The number of morpholine rings is 1. The third kappa shape index (κ3) is 6.37. The molecule has 0 amide bonds. The van der Waals surface area contributed by atoms with Crippen LogP contribution in [-0.2, 0) is 14.8 Å². The maximum Gasteiger partial charge on any atom is 0.211 e. The topological polar surface area (TPSA) is 58.6 Å². The van der Waals surface area contributed by atoms with Gasteiger partial charge in [0.1, 0.15) is 0 Å². The maximum atomic E-state index is 12.5. The summed E-state index contributed by atoms with van der Waals surface area (Å²) in [5.74, 6) is 0.433. The van der Waals surface area contributed by atoms with E-state index in [1.807, 2.05) is 19.9 Å². The molecule has 1 aromatic carbocycles. The maximum absolute atomic E-state index is 12.5. The predicted molar refractivity (Wildman–Crippen MR) is 102 cm³/mol. The van der Waals surface area contributed by atoms with Crippen molar-refractivity contribution in [3.8, 4) is 0 Å². The Morgan fingerprint density at radius 3 is 2.48 bits per heavy atom. The van der Waals surface area contributed by atoms with Crippen LogP contribution < -0.4 is 4.72 Å². The largest absolute Gasteiger partial charge is 0.379 e. The first-order valence-electron chi connectivity index (χ1n) is 9.30. The molecule has 1 aromatic rings. The van der Waals surface area contributed by atoms with Crippen LogP contribution in [0.5, 0.6) is 0 Å². The van der Waals surface area contributed by atoms with Gasteiger partial charge in [-0.3, -0.25) is 4.90 Å². The third-order valence-electron chi connectivity index (χ3n) is 5.02. The second-order valence-corrected chi connectivity index (χ2v) is 8.74. The Kier molecular flexibility index (Phi) is 7.87. The number of hydrogen-bond donors (Lipinski definition) is 1. The predicted octanol–water partition coefficient (Wildman–Crippen LogP) is 2.72. The van der Waals surface area contributed by atoms with Gasteiger partial charge < -0.3 is 4.74 Å². The molecule has 0 spiro atoms. The number of nitrogens with one attached hydrogen (secondary N) is 1. The van der Waals surface area contributed by atoms with Crippen LogP contribution in [0.3, 0.4) is 0 Å². The van der Waals surface area contributed by atoms with E-state index in [4.69, 9.17) is 4.74 Å². The van der Waals surface area contributed by atoms with Gasteiger partial charge in [-0.05, 0) is 18.4 Å². The van der Waals surface area contributed by atoms with E-state index in [-0.39, 0.29) is 17.7 Å². The van der Waals surface area contributed by atoms with E-state index in [1.54, 1.807) is 0 Å². The lowest BCUT2D eigenvalue weighted by Gasteiger charge is -2.35. The number of sulfonamides is 1. The monoisotopic (exact) mass is 368 g/mol. The molecule has 0 saturated carbocycles. The highest BCUT2D eigenvalue weighted by Gasteiger charge is 2.25. The van der Waals surface area contributed by atoms with Crippen LogP contribution in [0.2, 0.25) is 0 Å². The Hall–Kier alpha value is -0.950. The molecular weight excluding hydrogens is 336 g/mol. The van der Waals surface area contributed by atoms with Crippen molar-refractivity contribution < 1.29 is 13.2 Å². The van der Waals surface area contributed by atoms with Crippen LogP contribution in [0.15, 0.2) is 24.3 Å². The number of rotatable bonds is 9. The molecule has 1 saturated heterocycles. The van der Waals surface area contributed by atoms with Gasteiger partial charge >= 0.3 is 0 Å². The minimum Gasteiger partial charge on any atom is -0.379 e. The first-order valence-corrected chi connectivity index (χ1v) is 11.0. The third-order valence-corrected chi connectivity index (χ3v) is 6.54. The van der Waals surface area contributed by atoms with Crippen LogP contribution >= 0.6 is 0 Å². The van der Waals surface area contributed by atoms with Gasteiger partial charge in [0.05, 0.1) is 19.0 Å². The number of nitrogens with zero attached hydrogens (tertiary/aromatic N) is 1. The van der Waals surface area contributed by atoms with Crippen LogP contribution in [0.25, 0.3) is 0 Å². The van der Waals surface area contributed by atoms with Gasteiger partial charge in [-0.25, -0.2) is 13.1 Å². The fourth-order valence-corrected chi connectivity index (χ4v) is 4.95. The fourth-order valence-electron chi connectivity index (χ4n) is 3.32. The van der Waals surface area contributed by atoms with Crippen molar-refractivity contribution in [3.63, 3.8) is 0 Å². The van der Waals surface area contributed by atoms with Crippen molar-refractivity contribution >= 4 is 10.0 Å². The van der Waals surface area contributed by atoms with Gasteiger partial charge in [0.25, 0.3) is 0 Å². The normalized spacial score (nSPS) is 17.8. The highest BCUT2D eigenvalue weighted by molar-refractivity contribution is 7.89. The summed E-state index contributed by atoms with van der Waals surface area (Å²) >= 11 is 0. The molecule has 6 heteroatoms. The summed E-state index contributed by atoms with van der Waals surface area (Å²) in [6.45, 7) is 9.62. The molecule has 2 rings (SSSR count). The zero-order valence-corrected chi connectivity index (χ0v) is 16.5. The Morgan fingerprint density at radius 2 is 1.88 bits per heavy atom. The molecule has 1 heterocycles. The van der Waals surface area contributed by atoms with E-state index >= 15 is 0 Å². The van der Waals surface area contributed by atoms with Gasteiger partial charge in [0.15, 0.2) is 0 Å². The minimum atomic E-state index is -3.26. The second kappa shape index (κ2) is 9.67. The van der Waals surface area contributed by atoms with Crippen molar-refractivity contribution in [1.29, 1.82) is 0 Å². The Balaban J connectivity index is 2.10. The van der Waals surface area contributed by atoms with E-state index in [0.29, 0.717) is 19.8 Å². The van der Waals surface area contributed by atoms with Crippen LogP contribution in [0.4, 0.5) is 0 Å². The molecule has 1 atom stereocenters. The van der Waals surface area contributed by atoms with Crippen molar-refractivity contribution in [2.24, 2.45) is 5.92 Å². The van der Waals surface area contributed by atoms with Crippen molar-refractivity contribution in [2.75, 3.05) is 38.6 Å². The second-order valence-electron chi connectivity index (χ2n) is 6.89.